The number of hydrogen-bond donors (Lipinski definition) is 1. The van der Waals surface area contributed by atoms with Gasteiger partial charge in [0, 0.05) is 36.4 Å². The van der Waals surface area contributed by atoms with Gasteiger partial charge in [0.2, 0.25) is 5.95 Å². The molecule has 1 N–H and O–H groups in total. The second-order valence-electron chi connectivity index (χ2n) is 6.47. The summed E-state index contributed by atoms with van der Waals surface area (Å²) < 4.78 is 0. The third-order valence-electron chi connectivity index (χ3n) is 4.57. The Labute approximate surface area is 153 Å². The van der Waals surface area contributed by atoms with Crippen molar-refractivity contribution in [2.45, 2.75) is 52.0 Å². The van der Waals surface area contributed by atoms with Crippen molar-refractivity contribution in [1.29, 1.82) is 0 Å². The molecule has 1 unspecified atom stereocenters. The van der Waals surface area contributed by atoms with Crippen molar-refractivity contribution in [2.75, 3.05) is 18.0 Å². The fourth-order valence-corrected chi connectivity index (χ4v) is 4.56. The summed E-state index contributed by atoms with van der Waals surface area (Å²) >= 11 is 1.65. The van der Waals surface area contributed by atoms with Gasteiger partial charge in [-0.15, -0.1) is 11.3 Å². The van der Waals surface area contributed by atoms with Crippen LogP contribution in [0.3, 0.4) is 0 Å². The van der Waals surface area contributed by atoms with Crippen LogP contribution in [-0.4, -0.2) is 35.0 Å². The summed E-state index contributed by atoms with van der Waals surface area (Å²) in [7, 11) is 0. The van der Waals surface area contributed by atoms with Crippen LogP contribution in [0.5, 0.6) is 0 Å². The SMILES string of the molecule is CCCc1sc(C(=O)NC2CCCN(c3ncccn3)C2)cc1CC. The van der Waals surface area contributed by atoms with E-state index in [2.05, 4.69) is 40.1 Å². The van der Waals surface area contributed by atoms with E-state index in [4.69, 9.17) is 0 Å². The van der Waals surface area contributed by atoms with Crippen LogP contribution in [0.4, 0.5) is 5.95 Å². The predicted octanol–water partition coefficient (Wildman–Crippen LogP) is 3.45. The fourth-order valence-electron chi connectivity index (χ4n) is 3.30. The Morgan fingerprint density at radius 2 is 2.16 bits per heavy atom. The summed E-state index contributed by atoms with van der Waals surface area (Å²) in [6.07, 6.45) is 8.72. The second kappa shape index (κ2) is 8.43. The molecule has 3 rings (SSSR count). The molecule has 1 atom stereocenters. The van der Waals surface area contributed by atoms with Gasteiger partial charge in [-0.25, -0.2) is 9.97 Å². The minimum Gasteiger partial charge on any atom is -0.347 e. The number of amides is 1. The first-order valence-corrected chi connectivity index (χ1v) is 9.97. The van der Waals surface area contributed by atoms with E-state index >= 15 is 0 Å². The quantitative estimate of drug-likeness (QED) is 0.859. The Kier molecular flexibility index (Phi) is 6.02. The number of hydrogen-bond acceptors (Lipinski definition) is 5. The molecule has 1 aliphatic rings. The minimum absolute atomic E-state index is 0.0582. The van der Waals surface area contributed by atoms with Crippen molar-refractivity contribution < 1.29 is 4.79 Å². The molecule has 6 heteroatoms. The number of carbonyl (C=O) groups excluding carboxylic acids is 1. The van der Waals surface area contributed by atoms with E-state index in [9.17, 15) is 4.79 Å². The minimum atomic E-state index is 0.0582. The highest BCUT2D eigenvalue weighted by Gasteiger charge is 2.24. The van der Waals surface area contributed by atoms with Crippen LogP contribution < -0.4 is 10.2 Å². The lowest BCUT2D eigenvalue weighted by molar-refractivity contribution is 0.0937. The van der Waals surface area contributed by atoms with E-state index in [-0.39, 0.29) is 11.9 Å². The Morgan fingerprint density at radius 1 is 1.36 bits per heavy atom. The van der Waals surface area contributed by atoms with Gasteiger partial charge in [-0.05, 0) is 43.4 Å². The van der Waals surface area contributed by atoms with Gasteiger partial charge in [0.25, 0.3) is 5.91 Å². The lowest BCUT2D eigenvalue weighted by Crippen LogP contribution is -2.48. The maximum absolute atomic E-state index is 12.7. The highest BCUT2D eigenvalue weighted by molar-refractivity contribution is 7.14. The Hall–Kier alpha value is -1.95. The van der Waals surface area contributed by atoms with Crippen LogP contribution in [0.1, 0.15) is 53.2 Å². The number of carbonyl (C=O) groups is 1. The first-order chi connectivity index (χ1) is 12.2. The lowest BCUT2D eigenvalue weighted by atomic mass is 10.1. The summed E-state index contributed by atoms with van der Waals surface area (Å²) in [6, 6.07) is 4.04. The maximum atomic E-state index is 12.7. The monoisotopic (exact) mass is 358 g/mol. The molecule has 0 saturated carbocycles. The van der Waals surface area contributed by atoms with E-state index in [1.165, 1.54) is 10.4 Å². The van der Waals surface area contributed by atoms with Gasteiger partial charge in [0.1, 0.15) is 0 Å². The largest absolute Gasteiger partial charge is 0.347 e. The zero-order chi connectivity index (χ0) is 17.6. The molecule has 2 aromatic heterocycles. The Morgan fingerprint density at radius 3 is 2.88 bits per heavy atom. The average Bonchev–Trinajstić information content (AvgIpc) is 3.06. The maximum Gasteiger partial charge on any atom is 0.261 e. The van der Waals surface area contributed by atoms with Crippen LogP contribution in [0.25, 0.3) is 0 Å². The number of anilines is 1. The topological polar surface area (TPSA) is 58.1 Å². The van der Waals surface area contributed by atoms with Gasteiger partial charge in [-0.2, -0.15) is 0 Å². The van der Waals surface area contributed by atoms with Gasteiger partial charge in [-0.1, -0.05) is 20.3 Å². The van der Waals surface area contributed by atoms with E-state index < -0.39 is 0 Å². The summed E-state index contributed by atoms with van der Waals surface area (Å²) in [4.78, 5) is 25.7. The van der Waals surface area contributed by atoms with Crippen molar-refractivity contribution in [3.05, 3.63) is 39.8 Å². The van der Waals surface area contributed by atoms with Crippen molar-refractivity contribution in [2.24, 2.45) is 0 Å². The molecule has 0 radical (unpaired) electrons. The van der Waals surface area contributed by atoms with Gasteiger partial charge >= 0.3 is 0 Å². The van der Waals surface area contributed by atoms with Crippen LogP contribution in [0.15, 0.2) is 24.5 Å². The molecular formula is C19H26N4OS. The molecule has 1 fully saturated rings. The second-order valence-corrected chi connectivity index (χ2v) is 7.61. The van der Waals surface area contributed by atoms with Crippen LogP contribution in [0, 0.1) is 0 Å². The van der Waals surface area contributed by atoms with E-state index in [1.807, 2.05) is 6.07 Å². The molecule has 3 heterocycles. The molecule has 25 heavy (non-hydrogen) atoms. The van der Waals surface area contributed by atoms with Crippen LogP contribution >= 0.6 is 11.3 Å². The zero-order valence-corrected chi connectivity index (χ0v) is 15.8. The molecule has 134 valence electrons. The van der Waals surface area contributed by atoms with Gasteiger partial charge in [0.05, 0.1) is 4.88 Å². The Balaban J connectivity index is 1.64. The third kappa shape index (κ3) is 4.37. The molecule has 0 spiro atoms. The van der Waals surface area contributed by atoms with E-state index in [0.717, 1.165) is 56.0 Å². The highest BCUT2D eigenvalue weighted by Crippen LogP contribution is 2.25. The number of nitrogens with one attached hydrogen (secondary N) is 1. The predicted molar refractivity (Wildman–Crippen MR) is 102 cm³/mol. The van der Waals surface area contributed by atoms with Gasteiger partial charge < -0.3 is 10.2 Å². The number of thiophene rings is 1. The molecule has 0 bridgehead atoms. The molecule has 2 aromatic rings. The smallest absolute Gasteiger partial charge is 0.261 e. The number of piperidine rings is 1. The van der Waals surface area contributed by atoms with Crippen molar-refractivity contribution >= 4 is 23.2 Å². The van der Waals surface area contributed by atoms with E-state index in [0.29, 0.717) is 0 Å². The summed E-state index contributed by atoms with van der Waals surface area (Å²) in [5, 5.41) is 3.22. The van der Waals surface area contributed by atoms with Crippen LogP contribution in [0.2, 0.25) is 0 Å². The fraction of sp³-hybridized carbons (Fsp3) is 0.526. The number of rotatable bonds is 6. The van der Waals surface area contributed by atoms with Crippen molar-refractivity contribution in [3.63, 3.8) is 0 Å². The summed E-state index contributed by atoms with van der Waals surface area (Å²) in [5.74, 6) is 0.805. The van der Waals surface area contributed by atoms with Crippen LogP contribution in [-0.2, 0) is 12.8 Å². The van der Waals surface area contributed by atoms with Crippen molar-refractivity contribution in [1.82, 2.24) is 15.3 Å². The number of nitrogens with zero attached hydrogens (tertiary/aromatic N) is 3. The molecule has 0 aromatic carbocycles. The standard InChI is InChI=1S/C19H26N4OS/c1-3-7-16-14(4-2)12-17(25-16)18(24)22-15-8-5-11-23(13-15)19-20-9-6-10-21-19/h6,9-10,12,15H,3-5,7-8,11,13H2,1-2H3,(H,22,24). The van der Waals surface area contributed by atoms with Gasteiger partial charge in [-0.3, -0.25) is 4.79 Å². The summed E-state index contributed by atoms with van der Waals surface area (Å²) in [5.41, 5.74) is 1.32. The average molecular weight is 359 g/mol. The lowest BCUT2D eigenvalue weighted by Gasteiger charge is -2.32. The van der Waals surface area contributed by atoms with E-state index in [1.54, 1.807) is 23.7 Å². The normalized spacial score (nSPS) is 17.5. The Bertz CT molecular complexity index is 701. The first kappa shape index (κ1) is 17.9. The van der Waals surface area contributed by atoms with Gasteiger partial charge in [0.15, 0.2) is 0 Å². The summed E-state index contributed by atoms with van der Waals surface area (Å²) in [6.45, 7) is 6.04. The van der Waals surface area contributed by atoms with Crippen molar-refractivity contribution in [3.8, 4) is 0 Å². The third-order valence-corrected chi connectivity index (χ3v) is 5.81. The molecule has 1 amide bonds. The number of aromatic nitrogens is 2. The molecule has 0 aliphatic carbocycles. The molecule has 1 saturated heterocycles. The molecule has 1 aliphatic heterocycles. The zero-order valence-electron chi connectivity index (χ0n) is 15.0. The molecular weight excluding hydrogens is 332 g/mol. The number of aryl methyl sites for hydroxylation is 2. The molecule has 5 nitrogen and oxygen atoms in total. The first-order valence-electron chi connectivity index (χ1n) is 9.15. The highest BCUT2D eigenvalue weighted by atomic mass is 32.1.